The summed E-state index contributed by atoms with van der Waals surface area (Å²) in [5, 5.41) is 19.7. The van der Waals surface area contributed by atoms with E-state index in [9.17, 15) is 24.3 Å². The van der Waals surface area contributed by atoms with E-state index >= 15 is 0 Å². The Hall–Kier alpha value is -4.90. The molecule has 11 nitrogen and oxygen atoms in total. The molecule has 5 amide bonds. The van der Waals surface area contributed by atoms with Gasteiger partial charge < -0.3 is 36.4 Å². The lowest BCUT2D eigenvalue weighted by molar-refractivity contribution is -0.128. The van der Waals surface area contributed by atoms with Crippen LogP contribution in [0.4, 0.5) is 9.59 Å². The van der Waals surface area contributed by atoms with Crippen LogP contribution in [0.15, 0.2) is 91.0 Å². The molecule has 0 radical (unpaired) electrons. The molecule has 3 aromatic carbocycles. The number of carbonyl (C=O) groups excluding carboxylic acids is 4. The summed E-state index contributed by atoms with van der Waals surface area (Å²) in [5.74, 6) is -1.54. The third-order valence-corrected chi connectivity index (χ3v) is 7.01. The fourth-order valence-electron chi connectivity index (χ4n) is 4.69. The van der Waals surface area contributed by atoms with Gasteiger partial charge in [0.2, 0.25) is 11.8 Å². The minimum atomic E-state index is -1.36. The minimum absolute atomic E-state index is 0.0393. The molecule has 0 aliphatic rings. The van der Waals surface area contributed by atoms with Crippen molar-refractivity contribution in [2.45, 2.75) is 70.4 Å². The number of ether oxygens (including phenoxy) is 1. The van der Waals surface area contributed by atoms with Gasteiger partial charge in [-0.15, -0.1) is 0 Å². The molecule has 2 unspecified atom stereocenters. The number of hydrogen-bond donors (Lipinski definition) is 5. The summed E-state index contributed by atoms with van der Waals surface area (Å²) in [6.07, 6.45) is -1.85. The van der Waals surface area contributed by atoms with Crippen molar-refractivity contribution in [3.8, 4) is 0 Å². The third kappa shape index (κ3) is 13.0. The predicted molar refractivity (Wildman–Crippen MR) is 175 cm³/mol. The number of urea groups is 1. The van der Waals surface area contributed by atoms with Gasteiger partial charge in [-0.05, 0) is 50.3 Å². The molecule has 0 bridgehead atoms. The van der Waals surface area contributed by atoms with E-state index in [1.54, 1.807) is 24.3 Å². The topological polar surface area (TPSA) is 163 Å². The quantitative estimate of drug-likeness (QED) is 0.173. The number of hydrogen-bond acceptors (Lipinski definition) is 6. The molecule has 0 spiro atoms. The zero-order valence-corrected chi connectivity index (χ0v) is 26.6. The first-order valence-electron chi connectivity index (χ1n) is 15.3. The van der Waals surface area contributed by atoms with Gasteiger partial charge in [-0.1, -0.05) is 91.0 Å². The molecular weight excluding hydrogens is 586 g/mol. The molecule has 46 heavy (non-hydrogen) atoms. The van der Waals surface area contributed by atoms with Crippen LogP contribution in [0, 0.1) is 0 Å². The fourth-order valence-corrected chi connectivity index (χ4v) is 4.69. The summed E-state index contributed by atoms with van der Waals surface area (Å²) >= 11 is 0. The SMILES string of the molecule is CC(C)(C)NC(=O)N(CCc1ccccc1)CC(O)[C@H](Cc1ccccc1)NC(=O)C(CC(N)=O)NC(=O)OCc1ccccc1. The summed E-state index contributed by atoms with van der Waals surface area (Å²) in [5.41, 5.74) is 7.48. The van der Waals surface area contributed by atoms with E-state index in [-0.39, 0.29) is 25.6 Å². The number of aliphatic hydroxyl groups excluding tert-OH is 1. The number of rotatable bonds is 15. The van der Waals surface area contributed by atoms with Crippen molar-refractivity contribution in [3.63, 3.8) is 0 Å². The molecule has 3 aromatic rings. The van der Waals surface area contributed by atoms with E-state index in [0.717, 1.165) is 16.7 Å². The molecule has 0 aromatic heterocycles. The fraction of sp³-hybridized carbons (Fsp3) is 0.371. The molecule has 11 heteroatoms. The maximum atomic E-state index is 13.5. The number of amides is 5. The van der Waals surface area contributed by atoms with Gasteiger partial charge in [-0.3, -0.25) is 9.59 Å². The van der Waals surface area contributed by atoms with Crippen LogP contribution < -0.4 is 21.7 Å². The summed E-state index contributed by atoms with van der Waals surface area (Å²) in [7, 11) is 0. The maximum absolute atomic E-state index is 13.5. The lowest BCUT2D eigenvalue weighted by atomic mass is 9.99. The maximum Gasteiger partial charge on any atom is 0.408 e. The average molecular weight is 632 g/mol. The normalized spacial score (nSPS) is 13.0. The highest BCUT2D eigenvalue weighted by Crippen LogP contribution is 2.12. The van der Waals surface area contributed by atoms with Crippen molar-refractivity contribution < 1.29 is 29.0 Å². The number of benzene rings is 3. The summed E-state index contributed by atoms with van der Waals surface area (Å²) in [6.45, 7) is 5.78. The minimum Gasteiger partial charge on any atom is -0.445 e. The molecular formula is C35H45N5O6. The van der Waals surface area contributed by atoms with Crippen LogP contribution >= 0.6 is 0 Å². The second kappa shape index (κ2) is 17.6. The zero-order chi connectivity index (χ0) is 33.5. The van der Waals surface area contributed by atoms with Crippen LogP contribution in [0.1, 0.15) is 43.9 Å². The molecule has 0 fully saturated rings. The Morgan fingerprint density at radius 1 is 0.826 bits per heavy atom. The highest BCUT2D eigenvalue weighted by atomic mass is 16.5. The molecule has 0 saturated carbocycles. The van der Waals surface area contributed by atoms with E-state index in [2.05, 4.69) is 16.0 Å². The Balaban J connectivity index is 1.78. The molecule has 3 atom stereocenters. The van der Waals surface area contributed by atoms with E-state index in [1.165, 1.54) is 4.90 Å². The van der Waals surface area contributed by atoms with Crippen molar-refractivity contribution in [2.24, 2.45) is 5.73 Å². The van der Waals surface area contributed by atoms with Crippen molar-refractivity contribution >= 4 is 23.9 Å². The van der Waals surface area contributed by atoms with E-state index < -0.39 is 48.1 Å². The second-order valence-electron chi connectivity index (χ2n) is 12.2. The van der Waals surface area contributed by atoms with Gasteiger partial charge in [0.25, 0.3) is 0 Å². The van der Waals surface area contributed by atoms with Gasteiger partial charge in [0, 0.05) is 12.1 Å². The predicted octanol–water partition coefficient (Wildman–Crippen LogP) is 3.30. The van der Waals surface area contributed by atoms with Crippen molar-refractivity contribution in [1.82, 2.24) is 20.9 Å². The summed E-state index contributed by atoms with van der Waals surface area (Å²) in [4.78, 5) is 52.8. The Kier molecular flexibility index (Phi) is 13.6. The van der Waals surface area contributed by atoms with Gasteiger partial charge in [-0.25, -0.2) is 9.59 Å². The lowest BCUT2D eigenvalue weighted by Crippen LogP contribution is -2.57. The molecule has 6 N–H and O–H groups in total. The van der Waals surface area contributed by atoms with Crippen LogP contribution in [-0.2, 0) is 33.8 Å². The number of primary amides is 1. The Morgan fingerprint density at radius 3 is 1.91 bits per heavy atom. The van der Waals surface area contributed by atoms with E-state index in [1.807, 2.05) is 87.5 Å². The first kappa shape index (κ1) is 35.6. The molecule has 246 valence electrons. The van der Waals surface area contributed by atoms with Gasteiger partial charge >= 0.3 is 12.1 Å². The number of alkyl carbamates (subject to hydrolysis) is 1. The van der Waals surface area contributed by atoms with E-state index in [4.69, 9.17) is 10.5 Å². The monoisotopic (exact) mass is 631 g/mol. The smallest absolute Gasteiger partial charge is 0.408 e. The molecule has 0 saturated heterocycles. The molecule has 0 aliphatic carbocycles. The lowest BCUT2D eigenvalue weighted by Gasteiger charge is -2.33. The van der Waals surface area contributed by atoms with Crippen molar-refractivity contribution in [1.29, 1.82) is 0 Å². The van der Waals surface area contributed by atoms with Crippen LogP contribution in [0.25, 0.3) is 0 Å². The van der Waals surface area contributed by atoms with Crippen molar-refractivity contribution in [2.75, 3.05) is 13.1 Å². The molecule has 3 rings (SSSR count). The van der Waals surface area contributed by atoms with Crippen LogP contribution in [-0.4, -0.2) is 70.8 Å². The highest BCUT2D eigenvalue weighted by molar-refractivity contribution is 5.90. The second-order valence-corrected chi connectivity index (χ2v) is 12.2. The standard InChI is InChI=1S/C35H45N5O6/c1-35(2,3)39-33(44)40(20-19-25-13-7-4-8-14-25)23-30(41)28(21-26-15-9-5-10-16-26)37-32(43)29(22-31(36)42)38-34(45)46-24-27-17-11-6-12-18-27/h4-18,28-30,41H,19-24H2,1-3H3,(H2,36,42)(H,37,43)(H,38,45)(H,39,44)/t28-,29?,30?/m0/s1. The number of carbonyl (C=O) groups is 4. The van der Waals surface area contributed by atoms with Gasteiger partial charge in [0.1, 0.15) is 12.6 Å². The van der Waals surface area contributed by atoms with Gasteiger partial charge in [0.15, 0.2) is 0 Å². The third-order valence-electron chi connectivity index (χ3n) is 7.01. The van der Waals surface area contributed by atoms with Crippen LogP contribution in [0.5, 0.6) is 0 Å². The first-order valence-corrected chi connectivity index (χ1v) is 15.3. The van der Waals surface area contributed by atoms with Crippen LogP contribution in [0.3, 0.4) is 0 Å². The van der Waals surface area contributed by atoms with E-state index in [0.29, 0.717) is 13.0 Å². The summed E-state index contributed by atoms with van der Waals surface area (Å²) in [6, 6.07) is 25.3. The number of nitrogens with zero attached hydrogens (tertiary/aromatic N) is 1. The van der Waals surface area contributed by atoms with Gasteiger partial charge in [-0.2, -0.15) is 0 Å². The zero-order valence-electron chi connectivity index (χ0n) is 26.6. The number of nitrogens with one attached hydrogen (secondary N) is 3. The Labute approximate surface area is 270 Å². The van der Waals surface area contributed by atoms with Crippen molar-refractivity contribution in [3.05, 3.63) is 108 Å². The van der Waals surface area contributed by atoms with Crippen LogP contribution in [0.2, 0.25) is 0 Å². The Morgan fingerprint density at radius 2 is 1.37 bits per heavy atom. The summed E-state index contributed by atoms with van der Waals surface area (Å²) < 4.78 is 5.24. The number of aliphatic hydroxyl groups is 1. The first-order chi connectivity index (χ1) is 21.9. The number of nitrogens with two attached hydrogens (primary N) is 1. The molecule has 0 aliphatic heterocycles. The largest absolute Gasteiger partial charge is 0.445 e. The Bertz CT molecular complexity index is 1400. The van der Waals surface area contributed by atoms with Gasteiger partial charge in [0.05, 0.1) is 25.1 Å². The average Bonchev–Trinajstić information content (AvgIpc) is 3.01. The molecule has 0 heterocycles. The highest BCUT2D eigenvalue weighted by Gasteiger charge is 2.31.